The summed E-state index contributed by atoms with van der Waals surface area (Å²) in [5.74, 6) is -0.792. The van der Waals surface area contributed by atoms with Crippen molar-refractivity contribution in [3.8, 4) is 0 Å². The second-order valence-electron chi connectivity index (χ2n) is 5.27. The highest BCUT2D eigenvalue weighted by Crippen LogP contribution is 2.31. The molecular formula is C14H16ClNO2. The molecule has 2 aromatic rings. The van der Waals surface area contributed by atoms with E-state index in [1.54, 1.807) is 13.8 Å². The van der Waals surface area contributed by atoms with Crippen LogP contribution in [0.2, 0.25) is 5.02 Å². The van der Waals surface area contributed by atoms with Crippen molar-refractivity contribution < 1.29 is 9.90 Å². The fraction of sp³-hybridized carbons (Fsp3) is 0.357. The first-order valence-corrected chi connectivity index (χ1v) is 6.16. The van der Waals surface area contributed by atoms with Crippen LogP contribution in [0.15, 0.2) is 24.4 Å². The number of nitrogens with zero attached hydrogens (tertiary/aromatic N) is 1. The summed E-state index contributed by atoms with van der Waals surface area (Å²) in [4.78, 5) is 11.2. The van der Waals surface area contributed by atoms with Gasteiger partial charge in [-0.2, -0.15) is 0 Å². The molecule has 1 N–H and O–H groups in total. The Labute approximate surface area is 111 Å². The summed E-state index contributed by atoms with van der Waals surface area (Å²) >= 11 is 6.15. The van der Waals surface area contributed by atoms with Gasteiger partial charge in [0.15, 0.2) is 0 Å². The lowest BCUT2D eigenvalue weighted by molar-refractivity contribution is -0.146. The maximum atomic E-state index is 11.2. The number of carboxylic acid groups (broad SMARTS) is 1. The molecule has 0 spiro atoms. The van der Waals surface area contributed by atoms with Gasteiger partial charge in [-0.3, -0.25) is 4.79 Å². The number of hydrogen-bond donors (Lipinski definition) is 1. The Kier molecular flexibility index (Phi) is 3.11. The minimum Gasteiger partial charge on any atom is -0.481 e. The zero-order chi connectivity index (χ0) is 13.5. The minimum atomic E-state index is -0.792. The van der Waals surface area contributed by atoms with Crippen molar-refractivity contribution in [2.24, 2.45) is 12.5 Å². The largest absolute Gasteiger partial charge is 0.481 e. The van der Waals surface area contributed by atoms with E-state index in [-0.39, 0.29) is 0 Å². The van der Waals surface area contributed by atoms with Crippen LogP contribution in [-0.4, -0.2) is 15.6 Å². The van der Waals surface area contributed by atoms with Gasteiger partial charge in [-0.05, 0) is 25.8 Å². The van der Waals surface area contributed by atoms with Crippen molar-refractivity contribution >= 4 is 28.5 Å². The third-order valence-electron chi connectivity index (χ3n) is 3.25. The van der Waals surface area contributed by atoms with Gasteiger partial charge in [-0.15, -0.1) is 0 Å². The lowest BCUT2D eigenvalue weighted by Gasteiger charge is -2.19. The quantitative estimate of drug-likeness (QED) is 0.923. The first-order chi connectivity index (χ1) is 8.33. The van der Waals surface area contributed by atoms with Crippen molar-refractivity contribution in [3.63, 3.8) is 0 Å². The van der Waals surface area contributed by atoms with Crippen LogP contribution in [0, 0.1) is 5.41 Å². The number of benzene rings is 1. The molecule has 0 bridgehead atoms. The van der Waals surface area contributed by atoms with Gasteiger partial charge in [0.25, 0.3) is 0 Å². The van der Waals surface area contributed by atoms with Crippen LogP contribution >= 0.6 is 11.6 Å². The summed E-state index contributed by atoms with van der Waals surface area (Å²) in [6.07, 6.45) is 2.33. The molecule has 0 radical (unpaired) electrons. The second kappa shape index (κ2) is 4.32. The number of para-hydroxylation sites is 1. The molecule has 0 aliphatic carbocycles. The summed E-state index contributed by atoms with van der Waals surface area (Å²) in [7, 11) is 1.92. The molecule has 2 rings (SSSR count). The van der Waals surface area contributed by atoms with Gasteiger partial charge in [0.05, 0.1) is 16.0 Å². The summed E-state index contributed by atoms with van der Waals surface area (Å²) in [6, 6.07) is 5.83. The zero-order valence-electron chi connectivity index (χ0n) is 10.7. The van der Waals surface area contributed by atoms with Gasteiger partial charge in [-0.1, -0.05) is 29.8 Å². The summed E-state index contributed by atoms with van der Waals surface area (Å²) in [5, 5.41) is 10.9. The van der Waals surface area contributed by atoms with E-state index in [2.05, 4.69) is 0 Å². The Balaban J connectivity index is 2.56. The molecule has 0 saturated heterocycles. The molecule has 96 valence electrons. The standard InChI is InChI=1S/C14H16ClNO2/c1-14(2,13(17)18)7-9-5-4-6-10-11(15)8-16(3)12(9)10/h4-6,8H,7H2,1-3H3,(H,17,18). The van der Waals surface area contributed by atoms with Gasteiger partial charge < -0.3 is 9.67 Å². The molecular weight excluding hydrogens is 250 g/mol. The van der Waals surface area contributed by atoms with Crippen LogP contribution in [0.3, 0.4) is 0 Å². The van der Waals surface area contributed by atoms with E-state index in [4.69, 9.17) is 11.6 Å². The van der Waals surface area contributed by atoms with Gasteiger partial charge in [0, 0.05) is 18.6 Å². The van der Waals surface area contributed by atoms with Crippen molar-refractivity contribution in [2.75, 3.05) is 0 Å². The molecule has 0 saturated carbocycles. The van der Waals surface area contributed by atoms with Crippen molar-refractivity contribution in [1.82, 2.24) is 4.57 Å². The predicted octanol–water partition coefficient (Wildman–Crippen LogP) is 3.49. The highest BCUT2D eigenvalue weighted by molar-refractivity contribution is 6.35. The molecule has 0 aliphatic heterocycles. The Morgan fingerprint density at radius 3 is 2.72 bits per heavy atom. The highest BCUT2D eigenvalue weighted by atomic mass is 35.5. The number of aliphatic carboxylic acids is 1. The fourth-order valence-corrected chi connectivity index (χ4v) is 2.50. The van der Waals surface area contributed by atoms with Crippen LogP contribution in [0.1, 0.15) is 19.4 Å². The number of rotatable bonds is 3. The number of aryl methyl sites for hydroxylation is 1. The van der Waals surface area contributed by atoms with Gasteiger partial charge >= 0.3 is 5.97 Å². The molecule has 0 unspecified atom stereocenters. The van der Waals surface area contributed by atoms with Crippen molar-refractivity contribution in [2.45, 2.75) is 20.3 Å². The highest BCUT2D eigenvalue weighted by Gasteiger charge is 2.28. The van der Waals surface area contributed by atoms with Crippen molar-refractivity contribution in [3.05, 3.63) is 35.0 Å². The first-order valence-electron chi connectivity index (χ1n) is 5.79. The third-order valence-corrected chi connectivity index (χ3v) is 3.55. The van der Waals surface area contributed by atoms with Crippen molar-refractivity contribution in [1.29, 1.82) is 0 Å². The molecule has 4 heteroatoms. The maximum absolute atomic E-state index is 11.2. The molecule has 0 amide bonds. The van der Waals surface area contributed by atoms with Gasteiger partial charge in [0.2, 0.25) is 0 Å². The normalized spacial score (nSPS) is 12.0. The molecule has 1 aromatic carbocycles. The van der Waals surface area contributed by atoms with Crippen LogP contribution in [0.4, 0.5) is 0 Å². The first kappa shape index (κ1) is 13.0. The van der Waals surface area contributed by atoms with E-state index in [1.165, 1.54) is 0 Å². The SMILES string of the molecule is Cn1cc(Cl)c2cccc(CC(C)(C)C(=O)O)c21. The van der Waals surface area contributed by atoms with E-state index >= 15 is 0 Å². The molecule has 18 heavy (non-hydrogen) atoms. The summed E-state index contributed by atoms with van der Waals surface area (Å²) in [6.45, 7) is 3.47. The molecule has 1 heterocycles. The number of aromatic nitrogens is 1. The topological polar surface area (TPSA) is 42.2 Å². The van der Waals surface area contributed by atoms with E-state index in [1.807, 2.05) is 36.0 Å². The number of hydrogen-bond acceptors (Lipinski definition) is 1. The van der Waals surface area contributed by atoms with E-state index in [0.717, 1.165) is 16.5 Å². The monoisotopic (exact) mass is 265 g/mol. The molecule has 0 fully saturated rings. The average molecular weight is 266 g/mol. The fourth-order valence-electron chi connectivity index (χ4n) is 2.20. The Morgan fingerprint density at radius 2 is 2.11 bits per heavy atom. The second-order valence-corrected chi connectivity index (χ2v) is 5.67. The third kappa shape index (κ3) is 2.10. The molecule has 0 aliphatic rings. The van der Waals surface area contributed by atoms with E-state index < -0.39 is 11.4 Å². The summed E-state index contributed by atoms with van der Waals surface area (Å²) in [5.41, 5.74) is 1.23. The minimum absolute atomic E-state index is 0.480. The number of halogens is 1. The Morgan fingerprint density at radius 1 is 1.44 bits per heavy atom. The average Bonchev–Trinajstić information content (AvgIpc) is 2.55. The lowest BCUT2D eigenvalue weighted by atomic mass is 9.85. The van der Waals surface area contributed by atoms with E-state index in [9.17, 15) is 9.90 Å². The number of carbonyl (C=O) groups is 1. The summed E-state index contributed by atoms with van der Waals surface area (Å²) < 4.78 is 1.95. The van der Waals surface area contributed by atoms with Crippen LogP contribution in [0.25, 0.3) is 10.9 Å². The molecule has 3 nitrogen and oxygen atoms in total. The number of fused-ring (bicyclic) bond motifs is 1. The molecule has 0 atom stereocenters. The van der Waals surface area contributed by atoms with E-state index in [0.29, 0.717) is 11.4 Å². The van der Waals surface area contributed by atoms with Crippen LogP contribution in [-0.2, 0) is 18.3 Å². The Hall–Kier alpha value is -1.48. The number of carboxylic acids is 1. The smallest absolute Gasteiger partial charge is 0.309 e. The lowest BCUT2D eigenvalue weighted by Crippen LogP contribution is -2.26. The van der Waals surface area contributed by atoms with Crippen LogP contribution < -0.4 is 0 Å². The maximum Gasteiger partial charge on any atom is 0.309 e. The van der Waals surface area contributed by atoms with Crippen LogP contribution in [0.5, 0.6) is 0 Å². The predicted molar refractivity (Wildman–Crippen MR) is 73.0 cm³/mol. The zero-order valence-corrected chi connectivity index (χ0v) is 11.5. The van der Waals surface area contributed by atoms with Gasteiger partial charge in [0.1, 0.15) is 0 Å². The Bertz CT molecular complexity index is 614. The van der Waals surface area contributed by atoms with Gasteiger partial charge in [-0.25, -0.2) is 0 Å². The molecule has 1 aromatic heterocycles.